The summed E-state index contributed by atoms with van der Waals surface area (Å²) in [6, 6.07) is 4.24. The first-order valence-corrected chi connectivity index (χ1v) is 8.01. The van der Waals surface area contributed by atoms with Crippen LogP contribution in [0.4, 0.5) is 0 Å². The van der Waals surface area contributed by atoms with Crippen molar-refractivity contribution < 1.29 is 4.42 Å². The van der Waals surface area contributed by atoms with Crippen molar-refractivity contribution in [2.24, 2.45) is 7.05 Å². The molecule has 3 heterocycles. The van der Waals surface area contributed by atoms with Crippen molar-refractivity contribution >= 4 is 0 Å². The lowest BCUT2D eigenvalue weighted by Gasteiger charge is -2.23. The zero-order valence-corrected chi connectivity index (χ0v) is 14.0. The summed E-state index contributed by atoms with van der Waals surface area (Å²) in [6.07, 6.45) is 4.73. The van der Waals surface area contributed by atoms with Crippen LogP contribution in [0.5, 0.6) is 0 Å². The van der Waals surface area contributed by atoms with Crippen LogP contribution in [0.1, 0.15) is 23.6 Å². The molecule has 1 saturated heterocycles. The third-order valence-corrected chi connectivity index (χ3v) is 4.50. The predicted molar refractivity (Wildman–Crippen MR) is 88.1 cm³/mol. The average Bonchev–Trinajstić information content (AvgIpc) is 3.12. The van der Waals surface area contributed by atoms with E-state index in [1.165, 1.54) is 0 Å². The number of nitrogens with zero attached hydrogens (tertiary/aromatic N) is 4. The first kappa shape index (κ1) is 16.0. The molecule has 0 aromatic carbocycles. The van der Waals surface area contributed by atoms with E-state index in [0.717, 1.165) is 49.8 Å². The maximum absolute atomic E-state index is 11.7. The summed E-state index contributed by atoms with van der Waals surface area (Å²) < 4.78 is 7.16. The third-order valence-electron chi connectivity index (χ3n) is 4.50. The highest BCUT2D eigenvalue weighted by Gasteiger charge is 2.26. The molecule has 2 aromatic heterocycles. The van der Waals surface area contributed by atoms with Crippen LogP contribution < -0.4 is 5.56 Å². The molecule has 0 aliphatic carbocycles. The van der Waals surface area contributed by atoms with Gasteiger partial charge in [0, 0.05) is 45.0 Å². The Labute approximate surface area is 136 Å². The molecule has 1 aliphatic rings. The second-order valence-electron chi connectivity index (χ2n) is 6.44. The van der Waals surface area contributed by atoms with Gasteiger partial charge in [-0.05, 0) is 32.0 Å². The topological polar surface area (TPSA) is 54.5 Å². The molecule has 2 aromatic rings. The van der Waals surface area contributed by atoms with Crippen LogP contribution in [-0.2, 0) is 20.1 Å². The van der Waals surface area contributed by atoms with Crippen molar-refractivity contribution in [3.8, 4) is 0 Å². The number of aryl methyl sites for hydroxylation is 2. The van der Waals surface area contributed by atoms with Gasteiger partial charge in [-0.2, -0.15) is 0 Å². The van der Waals surface area contributed by atoms with Gasteiger partial charge >= 0.3 is 0 Å². The highest BCUT2D eigenvalue weighted by Crippen LogP contribution is 2.18. The van der Waals surface area contributed by atoms with Gasteiger partial charge in [0.2, 0.25) is 5.89 Å². The molecule has 0 spiro atoms. The molecule has 0 bridgehead atoms. The fraction of sp³-hybridized carbons (Fsp3) is 0.529. The number of hydrogen-bond acceptors (Lipinski definition) is 5. The molecule has 0 unspecified atom stereocenters. The van der Waals surface area contributed by atoms with Gasteiger partial charge in [0.05, 0.1) is 12.7 Å². The maximum Gasteiger partial charge on any atom is 0.250 e. The van der Waals surface area contributed by atoms with Gasteiger partial charge in [0.1, 0.15) is 5.76 Å². The lowest BCUT2D eigenvalue weighted by molar-refractivity contribution is 0.204. The first-order valence-electron chi connectivity index (χ1n) is 8.01. The Morgan fingerprint density at radius 2 is 2.30 bits per heavy atom. The second kappa shape index (κ2) is 6.68. The lowest BCUT2D eigenvalue weighted by atomic mass is 10.2. The van der Waals surface area contributed by atoms with Gasteiger partial charge in [-0.15, -0.1) is 0 Å². The number of likely N-dealkylation sites (tertiary alicyclic amines) is 1. The summed E-state index contributed by atoms with van der Waals surface area (Å²) >= 11 is 0. The van der Waals surface area contributed by atoms with Crippen LogP contribution in [0, 0.1) is 6.92 Å². The number of pyridine rings is 1. The third kappa shape index (κ3) is 3.89. The normalized spacial score (nSPS) is 18.9. The average molecular weight is 316 g/mol. The Morgan fingerprint density at radius 1 is 1.48 bits per heavy atom. The van der Waals surface area contributed by atoms with E-state index in [1.54, 1.807) is 23.9 Å². The molecule has 1 atom stereocenters. The van der Waals surface area contributed by atoms with Crippen LogP contribution in [0.15, 0.2) is 33.7 Å². The van der Waals surface area contributed by atoms with Crippen molar-refractivity contribution in [2.75, 3.05) is 20.1 Å². The Balaban J connectivity index is 1.55. The fourth-order valence-corrected chi connectivity index (χ4v) is 3.08. The van der Waals surface area contributed by atoms with Crippen LogP contribution in [0.2, 0.25) is 0 Å². The Bertz CT molecular complexity index is 721. The maximum atomic E-state index is 11.7. The number of likely N-dealkylation sites (N-methyl/N-ethyl adjacent to an activating group) is 1. The van der Waals surface area contributed by atoms with Crippen LogP contribution >= 0.6 is 0 Å². The predicted octanol–water partition coefficient (Wildman–Crippen LogP) is 1.39. The van der Waals surface area contributed by atoms with Crippen LogP contribution in [-0.4, -0.2) is 45.5 Å². The van der Waals surface area contributed by atoms with Crippen LogP contribution in [0.3, 0.4) is 0 Å². The van der Waals surface area contributed by atoms with E-state index in [4.69, 9.17) is 4.42 Å². The molecule has 1 aliphatic heterocycles. The smallest absolute Gasteiger partial charge is 0.250 e. The number of aromatic nitrogens is 2. The van der Waals surface area contributed by atoms with E-state index >= 15 is 0 Å². The van der Waals surface area contributed by atoms with Crippen molar-refractivity contribution in [1.29, 1.82) is 0 Å². The van der Waals surface area contributed by atoms with Crippen molar-refractivity contribution in [3.05, 3.63) is 52.1 Å². The van der Waals surface area contributed by atoms with Crippen molar-refractivity contribution in [1.82, 2.24) is 19.4 Å². The van der Waals surface area contributed by atoms with Crippen molar-refractivity contribution in [3.63, 3.8) is 0 Å². The van der Waals surface area contributed by atoms with E-state index in [0.29, 0.717) is 6.04 Å². The minimum Gasteiger partial charge on any atom is -0.445 e. The van der Waals surface area contributed by atoms with Crippen LogP contribution in [0.25, 0.3) is 0 Å². The first-order chi connectivity index (χ1) is 11.0. The molecule has 6 nitrogen and oxygen atoms in total. The summed E-state index contributed by atoms with van der Waals surface area (Å²) in [5, 5.41) is 0. The molecule has 0 N–H and O–H groups in total. The van der Waals surface area contributed by atoms with Gasteiger partial charge in [0.25, 0.3) is 5.56 Å². The molecule has 0 radical (unpaired) electrons. The zero-order valence-electron chi connectivity index (χ0n) is 14.0. The highest BCUT2D eigenvalue weighted by atomic mass is 16.4. The van der Waals surface area contributed by atoms with E-state index in [9.17, 15) is 4.79 Å². The standard InChI is InChI=1S/C17H24N4O2/c1-13-9-18-16(23-13)12-20(3)15-5-7-21(11-15)10-14-4-6-19(2)17(22)8-14/h4,6,8-9,15H,5,7,10-12H2,1-3H3/t15-/m0/s1. The number of hydrogen-bond donors (Lipinski definition) is 0. The Hall–Kier alpha value is -1.92. The summed E-state index contributed by atoms with van der Waals surface area (Å²) in [6.45, 7) is 5.54. The zero-order chi connectivity index (χ0) is 16.4. The summed E-state index contributed by atoms with van der Waals surface area (Å²) in [7, 11) is 3.89. The Kier molecular flexibility index (Phi) is 4.63. The minimum atomic E-state index is 0.0506. The monoisotopic (exact) mass is 316 g/mol. The summed E-state index contributed by atoms with van der Waals surface area (Å²) in [5.41, 5.74) is 1.13. The van der Waals surface area contributed by atoms with Gasteiger partial charge in [-0.3, -0.25) is 14.6 Å². The molecule has 0 amide bonds. The molecule has 3 rings (SSSR count). The second-order valence-corrected chi connectivity index (χ2v) is 6.44. The molecule has 6 heteroatoms. The van der Waals surface area contributed by atoms with E-state index < -0.39 is 0 Å². The quantitative estimate of drug-likeness (QED) is 0.834. The highest BCUT2D eigenvalue weighted by molar-refractivity contribution is 5.11. The van der Waals surface area contributed by atoms with E-state index in [-0.39, 0.29) is 5.56 Å². The SMILES string of the molecule is Cc1cnc(CN(C)[C@H]2CCN(Cc3ccn(C)c(=O)c3)C2)o1. The fourth-order valence-electron chi connectivity index (χ4n) is 3.08. The molecule has 1 fully saturated rings. The molecule has 0 saturated carbocycles. The molecular formula is C17H24N4O2. The number of oxazole rings is 1. The number of rotatable bonds is 5. The molecular weight excluding hydrogens is 292 g/mol. The van der Waals surface area contributed by atoms with Gasteiger partial charge < -0.3 is 8.98 Å². The Morgan fingerprint density at radius 3 is 3.00 bits per heavy atom. The summed E-state index contributed by atoms with van der Waals surface area (Å²) in [4.78, 5) is 20.7. The van der Waals surface area contributed by atoms with E-state index in [1.807, 2.05) is 19.2 Å². The lowest BCUT2D eigenvalue weighted by Crippen LogP contribution is -2.34. The molecule has 23 heavy (non-hydrogen) atoms. The van der Waals surface area contributed by atoms with Gasteiger partial charge in [-0.1, -0.05) is 0 Å². The van der Waals surface area contributed by atoms with Gasteiger partial charge in [-0.25, -0.2) is 4.98 Å². The molecule has 124 valence electrons. The summed E-state index contributed by atoms with van der Waals surface area (Å²) in [5.74, 6) is 1.63. The largest absolute Gasteiger partial charge is 0.445 e. The van der Waals surface area contributed by atoms with Crippen molar-refractivity contribution in [2.45, 2.75) is 32.5 Å². The van der Waals surface area contributed by atoms with Gasteiger partial charge in [0.15, 0.2) is 0 Å². The van der Waals surface area contributed by atoms with E-state index in [2.05, 4.69) is 21.8 Å². The minimum absolute atomic E-state index is 0.0506.